The number of likely N-dealkylation sites (N-methyl/N-ethyl adjacent to an activating group) is 1. The number of carbonyl (C=O) groups excluding carboxylic acids is 1. The fourth-order valence-electron chi connectivity index (χ4n) is 2.75. The predicted octanol–water partition coefficient (Wildman–Crippen LogP) is 3.70. The van der Waals surface area contributed by atoms with Crippen molar-refractivity contribution in [2.24, 2.45) is 0 Å². The quantitative estimate of drug-likeness (QED) is 0.745. The summed E-state index contributed by atoms with van der Waals surface area (Å²) in [6, 6.07) is 13.7. The number of nitrogens with one attached hydrogen (secondary N) is 1. The van der Waals surface area contributed by atoms with Crippen molar-refractivity contribution in [2.45, 2.75) is 25.9 Å². The first-order valence-electron chi connectivity index (χ1n) is 8.43. The Bertz CT molecular complexity index is 811. The topological polar surface area (TPSA) is 58.4 Å². The number of para-hydroxylation sites is 1. The molecule has 2 aromatic heterocycles. The Hall–Kier alpha value is -2.66. The van der Waals surface area contributed by atoms with Crippen LogP contribution in [0, 0.1) is 0 Å². The molecule has 0 aliphatic carbocycles. The van der Waals surface area contributed by atoms with E-state index in [1.807, 2.05) is 56.3 Å². The van der Waals surface area contributed by atoms with Gasteiger partial charge in [-0.15, -0.1) is 0 Å². The Morgan fingerprint density at radius 2 is 1.92 bits per heavy atom. The summed E-state index contributed by atoms with van der Waals surface area (Å²) in [5, 5.41) is 4.31. The number of carbonyl (C=O) groups is 1. The summed E-state index contributed by atoms with van der Waals surface area (Å²) in [7, 11) is 1.80. The van der Waals surface area contributed by atoms with Crippen LogP contribution < -0.4 is 5.32 Å². The van der Waals surface area contributed by atoms with Crippen molar-refractivity contribution in [1.82, 2.24) is 15.2 Å². The van der Waals surface area contributed by atoms with Crippen molar-refractivity contribution in [2.75, 3.05) is 13.6 Å². The van der Waals surface area contributed by atoms with Crippen LogP contribution in [0.5, 0.6) is 0 Å². The first kappa shape index (κ1) is 17.2. The highest BCUT2D eigenvalue weighted by Crippen LogP contribution is 2.26. The van der Waals surface area contributed by atoms with Gasteiger partial charge >= 0.3 is 0 Å². The van der Waals surface area contributed by atoms with Crippen molar-refractivity contribution in [3.63, 3.8) is 0 Å². The first-order valence-corrected chi connectivity index (χ1v) is 8.43. The average Bonchev–Trinajstić information content (AvgIpc) is 3.09. The van der Waals surface area contributed by atoms with E-state index in [1.165, 1.54) is 0 Å². The van der Waals surface area contributed by atoms with E-state index in [0.29, 0.717) is 0 Å². The van der Waals surface area contributed by atoms with E-state index < -0.39 is 0 Å². The highest BCUT2D eigenvalue weighted by molar-refractivity contribution is 5.80. The molecule has 0 saturated carbocycles. The van der Waals surface area contributed by atoms with Gasteiger partial charge in [0, 0.05) is 30.9 Å². The highest BCUT2D eigenvalue weighted by atomic mass is 16.3. The third-order valence-electron chi connectivity index (χ3n) is 4.60. The minimum absolute atomic E-state index is 0.0221. The SMILES string of the molecule is C[C@H](NCC(=O)N(C)[C@H](C)c1cc2ccccc2o1)c1ccncc1. The Labute approximate surface area is 147 Å². The lowest BCUT2D eigenvalue weighted by Crippen LogP contribution is -2.37. The third-order valence-corrected chi connectivity index (χ3v) is 4.60. The van der Waals surface area contributed by atoms with Crippen LogP contribution in [-0.4, -0.2) is 29.4 Å². The number of nitrogens with zero attached hydrogens (tertiary/aromatic N) is 2. The summed E-state index contributed by atoms with van der Waals surface area (Å²) in [5.41, 5.74) is 1.95. The van der Waals surface area contributed by atoms with E-state index in [9.17, 15) is 4.79 Å². The number of hydrogen-bond acceptors (Lipinski definition) is 4. The van der Waals surface area contributed by atoms with Gasteiger partial charge in [0.15, 0.2) is 0 Å². The summed E-state index contributed by atoms with van der Waals surface area (Å²) < 4.78 is 5.87. The fourth-order valence-corrected chi connectivity index (χ4v) is 2.75. The molecule has 0 bridgehead atoms. The van der Waals surface area contributed by atoms with Gasteiger partial charge in [-0.3, -0.25) is 9.78 Å². The summed E-state index contributed by atoms with van der Waals surface area (Å²) in [4.78, 5) is 18.2. The van der Waals surface area contributed by atoms with Gasteiger partial charge in [0.1, 0.15) is 11.3 Å². The lowest BCUT2D eigenvalue weighted by atomic mass is 10.1. The average molecular weight is 337 g/mol. The molecule has 0 saturated heterocycles. The summed E-state index contributed by atoms with van der Waals surface area (Å²) in [6.07, 6.45) is 3.51. The van der Waals surface area contributed by atoms with Crippen LogP contribution in [0.2, 0.25) is 0 Å². The molecule has 0 radical (unpaired) electrons. The molecule has 25 heavy (non-hydrogen) atoms. The third kappa shape index (κ3) is 3.88. The van der Waals surface area contributed by atoms with Gasteiger partial charge in [0.05, 0.1) is 12.6 Å². The predicted molar refractivity (Wildman–Crippen MR) is 98.1 cm³/mol. The molecule has 3 aromatic rings. The molecule has 3 rings (SSSR count). The van der Waals surface area contributed by atoms with Crippen LogP contribution in [0.15, 0.2) is 59.3 Å². The molecule has 0 aliphatic heterocycles. The molecule has 0 fully saturated rings. The summed E-state index contributed by atoms with van der Waals surface area (Å²) in [6.45, 7) is 4.28. The van der Waals surface area contributed by atoms with E-state index in [1.54, 1.807) is 24.3 Å². The maximum atomic E-state index is 12.5. The van der Waals surface area contributed by atoms with Gasteiger partial charge in [-0.25, -0.2) is 0 Å². The molecule has 1 N–H and O–H groups in total. The number of amides is 1. The number of benzene rings is 1. The van der Waals surface area contributed by atoms with E-state index in [2.05, 4.69) is 10.3 Å². The standard InChI is InChI=1S/C20H23N3O2/c1-14(16-8-10-21-11-9-16)22-13-20(24)23(3)15(2)19-12-17-6-4-5-7-18(17)25-19/h4-12,14-15,22H,13H2,1-3H3/t14-,15+/m0/s1. The fraction of sp³-hybridized carbons (Fsp3) is 0.300. The first-order chi connectivity index (χ1) is 12.1. The number of fused-ring (bicyclic) bond motifs is 1. The number of furan rings is 1. The molecule has 1 amide bonds. The minimum atomic E-state index is -0.127. The van der Waals surface area contributed by atoms with Crippen molar-refractivity contribution >= 4 is 16.9 Å². The Morgan fingerprint density at radius 3 is 2.64 bits per heavy atom. The molecular formula is C20H23N3O2. The Morgan fingerprint density at radius 1 is 1.20 bits per heavy atom. The summed E-state index contributed by atoms with van der Waals surface area (Å²) in [5.74, 6) is 0.813. The normalized spacial score (nSPS) is 13.6. The molecule has 0 unspecified atom stereocenters. The minimum Gasteiger partial charge on any atom is -0.459 e. The van der Waals surface area contributed by atoms with Gasteiger partial charge in [-0.05, 0) is 43.7 Å². The van der Waals surface area contributed by atoms with Crippen LogP contribution in [0.1, 0.15) is 37.3 Å². The largest absolute Gasteiger partial charge is 0.459 e. The Kier molecular flexibility index (Phi) is 5.14. The Balaban J connectivity index is 1.61. The molecule has 2 atom stereocenters. The van der Waals surface area contributed by atoms with Crippen LogP contribution in [-0.2, 0) is 4.79 Å². The maximum absolute atomic E-state index is 12.5. The van der Waals surface area contributed by atoms with Crippen molar-refractivity contribution < 1.29 is 9.21 Å². The van der Waals surface area contributed by atoms with Crippen molar-refractivity contribution in [1.29, 1.82) is 0 Å². The number of aromatic nitrogens is 1. The second kappa shape index (κ2) is 7.49. The maximum Gasteiger partial charge on any atom is 0.236 e. The zero-order valence-corrected chi connectivity index (χ0v) is 14.8. The highest BCUT2D eigenvalue weighted by Gasteiger charge is 2.21. The zero-order chi connectivity index (χ0) is 17.8. The van der Waals surface area contributed by atoms with Gasteiger partial charge in [-0.1, -0.05) is 18.2 Å². The van der Waals surface area contributed by atoms with Gasteiger partial charge < -0.3 is 14.6 Å². The molecule has 2 heterocycles. The summed E-state index contributed by atoms with van der Waals surface area (Å²) >= 11 is 0. The van der Waals surface area contributed by atoms with Crippen LogP contribution in [0.3, 0.4) is 0 Å². The van der Waals surface area contributed by atoms with Crippen LogP contribution in [0.25, 0.3) is 11.0 Å². The lowest BCUT2D eigenvalue weighted by Gasteiger charge is -2.24. The molecule has 130 valence electrons. The van der Waals surface area contributed by atoms with Crippen LogP contribution in [0.4, 0.5) is 0 Å². The number of rotatable bonds is 6. The monoisotopic (exact) mass is 337 g/mol. The van der Waals surface area contributed by atoms with Crippen LogP contribution >= 0.6 is 0 Å². The molecule has 0 aliphatic rings. The van der Waals surface area contributed by atoms with Crippen molar-refractivity contribution in [3.8, 4) is 0 Å². The van der Waals surface area contributed by atoms with E-state index in [-0.39, 0.29) is 24.5 Å². The lowest BCUT2D eigenvalue weighted by molar-refractivity contribution is -0.131. The number of pyridine rings is 1. The van der Waals surface area contributed by atoms with Crippen molar-refractivity contribution in [3.05, 3.63) is 66.2 Å². The second-order valence-electron chi connectivity index (χ2n) is 6.25. The molecule has 5 nitrogen and oxygen atoms in total. The number of hydrogen-bond donors (Lipinski definition) is 1. The second-order valence-corrected chi connectivity index (χ2v) is 6.25. The van der Waals surface area contributed by atoms with E-state index in [0.717, 1.165) is 22.3 Å². The molecule has 0 spiro atoms. The van der Waals surface area contributed by atoms with Gasteiger partial charge in [0.2, 0.25) is 5.91 Å². The van der Waals surface area contributed by atoms with E-state index >= 15 is 0 Å². The molecule has 5 heteroatoms. The molecule has 1 aromatic carbocycles. The van der Waals surface area contributed by atoms with E-state index in [4.69, 9.17) is 4.42 Å². The molecular weight excluding hydrogens is 314 g/mol. The van der Waals surface area contributed by atoms with Gasteiger partial charge in [0.25, 0.3) is 0 Å². The zero-order valence-electron chi connectivity index (χ0n) is 14.8. The smallest absolute Gasteiger partial charge is 0.236 e. The van der Waals surface area contributed by atoms with Gasteiger partial charge in [-0.2, -0.15) is 0 Å².